The molecule has 0 atom stereocenters. The van der Waals surface area contributed by atoms with E-state index in [-0.39, 0.29) is 49.0 Å². The maximum Gasteiger partial charge on any atom is 0.573 e. The first kappa shape index (κ1) is 21.4. The second kappa shape index (κ2) is 8.87. The van der Waals surface area contributed by atoms with Crippen LogP contribution in [0.1, 0.15) is 5.56 Å². The largest absolute Gasteiger partial charge is 0.573 e. The summed E-state index contributed by atoms with van der Waals surface area (Å²) in [5.41, 5.74) is 6.61. The van der Waals surface area contributed by atoms with Gasteiger partial charge in [0.05, 0.1) is 16.7 Å². The van der Waals surface area contributed by atoms with Gasteiger partial charge in [0.15, 0.2) is 23.2 Å². The van der Waals surface area contributed by atoms with E-state index in [2.05, 4.69) is 31.0 Å². The standard InChI is InChI=1S/C16H13BrF3N3O3.HI/c17-10-5-9(6-13-14(10)25-8-24-13)7-22-15(21)23-11-3-1-2-4-12(11)26-16(18,19)20;/h1-6H,7-8H2,(H3,21,22,23);1H. The Kier molecular flexibility index (Phi) is 7.03. The lowest BCUT2D eigenvalue weighted by Gasteiger charge is -2.14. The molecule has 0 bridgehead atoms. The third-order valence-corrected chi connectivity index (χ3v) is 3.88. The molecule has 2 aromatic rings. The summed E-state index contributed by atoms with van der Waals surface area (Å²) >= 11 is 3.37. The molecular formula is C16H14BrF3IN3O3. The van der Waals surface area contributed by atoms with Crippen LogP contribution < -0.4 is 25.3 Å². The molecule has 1 heterocycles. The molecule has 0 saturated carbocycles. The van der Waals surface area contributed by atoms with E-state index in [1.807, 2.05) is 0 Å². The van der Waals surface area contributed by atoms with Gasteiger partial charge in [-0.25, -0.2) is 4.99 Å². The van der Waals surface area contributed by atoms with E-state index >= 15 is 0 Å². The Bertz CT molecular complexity index is 849. The number of nitrogens with two attached hydrogens (primary N) is 1. The van der Waals surface area contributed by atoms with Crippen molar-refractivity contribution in [1.82, 2.24) is 0 Å². The molecule has 0 aromatic heterocycles. The lowest BCUT2D eigenvalue weighted by molar-refractivity contribution is -0.274. The molecule has 0 aliphatic carbocycles. The minimum atomic E-state index is -4.80. The summed E-state index contributed by atoms with van der Waals surface area (Å²) < 4.78 is 52.6. The van der Waals surface area contributed by atoms with Crippen LogP contribution in [0.5, 0.6) is 17.2 Å². The molecule has 1 aliphatic rings. The van der Waals surface area contributed by atoms with E-state index in [9.17, 15) is 13.2 Å². The number of rotatable bonds is 4. The lowest BCUT2D eigenvalue weighted by Crippen LogP contribution is -2.24. The maximum absolute atomic E-state index is 12.4. The number of benzene rings is 2. The van der Waals surface area contributed by atoms with Gasteiger partial charge in [0.25, 0.3) is 0 Å². The molecule has 0 fully saturated rings. The number of anilines is 1. The number of para-hydroxylation sites is 2. The zero-order valence-corrected chi connectivity index (χ0v) is 17.5. The minimum absolute atomic E-state index is 0. The Morgan fingerprint density at radius 3 is 2.74 bits per heavy atom. The normalized spacial score (nSPS) is 13.1. The first-order chi connectivity index (χ1) is 12.3. The molecule has 27 heavy (non-hydrogen) atoms. The van der Waals surface area contributed by atoms with Crippen LogP contribution in [0.2, 0.25) is 0 Å². The minimum Gasteiger partial charge on any atom is -0.454 e. The summed E-state index contributed by atoms with van der Waals surface area (Å²) in [5, 5.41) is 2.61. The Balaban J connectivity index is 0.00000261. The average molecular weight is 560 g/mol. The van der Waals surface area contributed by atoms with Gasteiger partial charge < -0.3 is 25.3 Å². The van der Waals surface area contributed by atoms with Gasteiger partial charge in [0.2, 0.25) is 6.79 Å². The van der Waals surface area contributed by atoms with Gasteiger partial charge in [0.1, 0.15) is 0 Å². The van der Waals surface area contributed by atoms with Crippen molar-refractivity contribution in [2.45, 2.75) is 12.9 Å². The van der Waals surface area contributed by atoms with Crippen LogP contribution in [0.25, 0.3) is 0 Å². The highest BCUT2D eigenvalue weighted by Gasteiger charge is 2.32. The predicted molar refractivity (Wildman–Crippen MR) is 108 cm³/mol. The number of aliphatic imine (C=N–C) groups is 1. The molecule has 11 heteroatoms. The Morgan fingerprint density at radius 2 is 2.00 bits per heavy atom. The average Bonchev–Trinajstić information content (AvgIpc) is 3.03. The van der Waals surface area contributed by atoms with Crippen LogP contribution in [0, 0.1) is 0 Å². The smallest absolute Gasteiger partial charge is 0.454 e. The number of nitrogens with zero attached hydrogens (tertiary/aromatic N) is 1. The SMILES string of the molecule is I.NC(=NCc1cc(Br)c2c(c1)OCO2)Nc1ccccc1OC(F)(F)F. The number of hydrogen-bond acceptors (Lipinski definition) is 4. The first-order valence-corrected chi connectivity index (χ1v) is 8.11. The van der Waals surface area contributed by atoms with E-state index in [0.717, 1.165) is 5.56 Å². The van der Waals surface area contributed by atoms with Crippen molar-refractivity contribution in [3.63, 3.8) is 0 Å². The van der Waals surface area contributed by atoms with E-state index in [1.165, 1.54) is 18.2 Å². The molecule has 0 spiro atoms. The van der Waals surface area contributed by atoms with Crippen molar-refractivity contribution in [2.75, 3.05) is 12.1 Å². The third-order valence-electron chi connectivity index (χ3n) is 3.29. The monoisotopic (exact) mass is 559 g/mol. The summed E-state index contributed by atoms with van der Waals surface area (Å²) in [4.78, 5) is 4.12. The summed E-state index contributed by atoms with van der Waals surface area (Å²) in [5.74, 6) is 0.739. The van der Waals surface area contributed by atoms with E-state index in [1.54, 1.807) is 18.2 Å². The summed E-state index contributed by atoms with van der Waals surface area (Å²) in [6.45, 7) is 0.330. The molecule has 0 saturated heterocycles. The summed E-state index contributed by atoms with van der Waals surface area (Å²) in [6, 6.07) is 9.10. The van der Waals surface area contributed by atoms with Crippen molar-refractivity contribution >= 4 is 51.6 Å². The van der Waals surface area contributed by atoms with Crippen molar-refractivity contribution in [3.05, 3.63) is 46.4 Å². The molecule has 0 unspecified atom stereocenters. The van der Waals surface area contributed by atoms with Gasteiger partial charge in [-0.1, -0.05) is 12.1 Å². The lowest BCUT2D eigenvalue weighted by atomic mass is 10.2. The van der Waals surface area contributed by atoms with Crippen LogP contribution in [0.3, 0.4) is 0 Å². The topological polar surface area (TPSA) is 78.1 Å². The highest BCUT2D eigenvalue weighted by atomic mass is 127. The highest BCUT2D eigenvalue weighted by Crippen LogP contribution is 2.40. The molecule has 0 amide bonds. The fourth-order valence-electron chi connectivity index (χ4n) is 2.25. The molecule has 1 aliphatic heterocycles. The van der Waals surface area contributed by atoms with Crippen LogP contribution in [0.15, 0.2) is 45.9 Å². The second-order valence-electron chi connectivity index (χ2n) is 5.18. The van der Waals surface area contributed by atoms with Crippen molar-refractivity contribution in [1.29, 1.82) is 0 Å². The molecule has 2 aromatic carbocycles. The fourth-order valence-corrected chi connectivity index (χ4v) is 2.85. The second-order valence-corrected chi connectivity index (χ2v) is 6.04. The molecule has 146 valence electrons. The zero-order chi connectivity index (χ0) is 18.7. The van der Waals surface area contributed by atoms with Gasteiger partial charge in [-0.3, -0.25) is 0 Å². The van der Waals surface area contributed by atoms with Gasteiger partial charge in [-0.05, 0) is 45.8 Å². The van der Waals surface area contributed by atoms with Crippen LogP contribution in [-0.2, 0) is 6.54 Å². The quantitative estimate of drug-likeness (QED) is 0.325. The number of alkyl halides is 3. The molecule has 3 rings (SSSR count). The number of ether oxygens (including phenoxy) is 3. The van der Waals surface area contributed by atoms with E-state index in [4.69, 9.17) is 15.2 Å². The number of nitrogens with one attached hydrogen (secondary N) is 1. The van der Waals surface area contributed by atoms with Gasteiger partial charge >= 0.3 is 6.36 Å². The highest BCUT2D eigenvalue weighted by molar-refractivity contribution is 14.0. The van der Waals surface area contributed by atoms with Crippen LogP contribution >= 0.6 is 39.9 Å². The van der Waals surface area contributed by atoms with Gasteiger partial charge in [-0.2, -0.15) is 0 Å². The van der Waals surface area contributed by atoms with E-state index < -0.39 is 12.1 Å². The molecule has 0 radical (unpaired) electrons. The fraction of sp³-hybridized carbons (Fsp3) is 0.188. The molecular weight excluding hydrogens is 546 g/mol. The predicted octanol–water partition coefficient (Wildman–Crippen LogP) is 4.62. The third kappa shape index (κ3) is 5.79. The number of guanidine groups is 1. The van der Waals surface area contributed by atoms with Crippen LogP contribution in [0.4, 0.5) is 18.9 Å². The molecule has 6 nitrogen and oxygen atoms in total. The number of halogens is 5. The summed E-state index contributed by atoms with van der Waals surface area (Å²) in [7, 11) is 0. The van der Waals surface area contributed by atoms with E-state index in [0.29, 0.717) is 16.0 Å². The van der Waals surface area contributed by atoms with Gasteiger partial charge in [0, 0.05) is 0 Å². The zero-order valence-electron chi connectivity index (χ0n) is 13.5. The number of hydrogen-bond donors (Lipinski definition) is 2. The van der Waals surface area contributed by atoms with Gasteiger partial charge in [-0.15, -0.1) is 37.1 Å². The van der Waals surface area contributed by atoms with Crippen LogP contribution in [-0.4, -0.2) is 19.1 Å². The number of fused-ring (bicyclic) bond motifs is 1. The summed E-state index contributed by atoms with van der Waals surface area (Å²) in [6.07, 6.45) is -4.80. The van der Waals surface area contributed by atoms with Crippen molar-refractivity contribution < 1.29 is 27.4 Å². The van der Waals surface area contributed by atoms with Crippen molar-refractivity contribution in [3.8, 4) is 17.2 Å². The Hall–Kier alpha value is -1.89. The Morgan fingerprint density at radius 1 is 1.26 bits per heavy atom. The Labute approximate surface area is 178 Å². The van der Waals surface area contributed by atoms with Crippen molar-refractivity contribution in [2.24, 2.45) is 10.7 Å². The first-order valence-electron chi connectivity index (χ1n) is 7.31. The maximum atomic E-state index is 12.4. The molecule has 3 N–H and O–H groups in total.